The van der Waals surface area contributed by atoms with Gasteiger partial charge in [-0.3, -0.25) is 18.6 Å². The van der Waals surface area contributed by atoms with E-state index in [1.807, 2.05) is 33.3 Å². The van der Waals surface area contributed by atoms with Crippen LogP contribution in [0.15, 0.2) is 48.6 Å². The fourth-order valence-corrected chi connectivity index (χ4v) is 9.33. The van der Waals surface area contributed by atoms with Crippen LogP contribution < -0.4 is 5.32 Å². The molecule has 0 aliphatic rings. The maximum Gasteiger partial charge on any atom is 0.472 e. The Morgan fingerprint density at radius 1 is 0.493 bits per heavy atom. The second-order valence-corrected chi connectivity index (χ2v) is 23.0. The lowest BCUT2D eigenvalue weighted by Crippen LogP contribution is -2.47. The van der Waals surface area contributed by atoms with Crippen LogP contribution in [0.5, 0.6) is 0 Å². The summed E-state index contributed by atoms with van der Waals surface area (Å²) in [5.74, 6) is -0.506. The standard InChI is InChI=1S/C61H115N2O7P/c1-7-10-13-16-19-22-25-27-28-29-30-31-32-33-34-36-38-41-44-47-50-53-60(64)62-58(57-69-71(66,67)68-56-55-63(4,5)6)59(52-49-46-43-40-37-24-21-18-15-12-9-3)70-61(65)54-51-48-45-42-39-35-26-23-20-17-14-11-8-2/h19,22,27-28,30-31,49,52,58-59H,7-18,20-21,23-26,29,32-48,50-51,53-57H2,1-6H3,(H-,62,64,66,67)/p+1/b22-19-,28-27-,31-30-,52-49-. The third-order valence-corrected chi connectivity index (χ3v) is 14.3. The second kappa shape index (κ2) is 51.5. The van der Waals surface area contributed by atoms with E-state index < -0.39 is 20.0 Å². The number of nitrogens with one attached hydrogen (secondary N) is 1. The number of quaternary nitrogens is 1. The van der Waals surface area contributed by atoms with Crippen LogP contribution in [-0.2, 0) is 27.9 Å². The van der Waals surface area contributed by atoms with Gasteiger partial charge in [0, 0.05) is 12.8 Å². The van der Waals surface area contributed by atoms with Crippen LogP contribution in [0.1, 0.15) is 278 Å². The molecule has 0 aromatic heterocycles. The van der Waals surface area contributed by atoms with Gasteiger partial charge in [0.15, 0.2) is 0 Å². The number of nitrogens with zero attached hydrogens (tertiary/aromatic N) is 1. The maximum atomic E-state index is 13.5. The van der Waals surface area contributed by atoms with Gasteiger partial charge in [-0.15, -0.1) is 0 Å². The molecule has 3 unspecified atom stereocenters. The van der Waals surface area contributed by atoms with Crippen LogP contribution in [-0.4, -0.2) is 74.3 Å². The van der Waals surface area contributed by atoms with E-state index in [2.05, 4.69) is 62.5 Å². The highest BCUT2D eigenvalue weighted by molar-refractivity contribution is 7.47. The number of amides is 1. The van der Waals surface area contributed by atoms with Crippen LogP contribution in [0.25, 0.3) is 0 Å². The fourth-order valence-electron chi connectivity index (χ4n) is 8.59. The molecular formula is C61H116N2O7P+. The SMILES string of the molecule is CCCCC/C=C\C/C=C\C/C=C\CCCCCCCCCCC(=O)NC(COP(=O)(O)OCC[N+](C)(C)C)C(/C=C\CCCCCCCCCCC)OC(=O)CCCCCCCCCCCCCCC. The topological polar surface area (TPSA) is 111 Å². The Balaban J connectivity index is 5.22. The predicted octanol–water partition coefficient (Wildman–Crippen LogP) is 18.1. The summed E-state index contributed by atoms with van der Waals surface area (Å²) in [7, 11) is 1.50. The van der Waals surface area contributed by atoms with E-state index in [-0.39, 0.29) is 25.1 Å². The van der Waals surface area contributed by atoms with E-state index in [9.17, 15) is 19.0 Å². The molecule has 0 spiro atoms. The van der Waals surface area contributed by atoms with E-state index in [0.29, 0.717) is 23.9 Å². The second-order valence-electron chi connectivity index (χ2n) is 21.5. The van der Waals surface area contributed by atoms with Gasteiger partial charge in [-0.2, -0.15) is 0 Å². The lowest BCUT2D eigenvalue weighted by molar-refractivity contribution is -0.870. The molecule has 416 valence electrons. The van der Waals surface area contributed by atoms with Crippen molar-refractivity contribution in [2.75, 3.05) is 40.9 Å². The Bertz CT molecular complexity index is 1360. The van der Waals surface area contributed by atoms with Gasteiger partial charge in [0.25, 0.3) is 0 Å². The number of ether oxygens (including phenoxy) is 1. The van der Waals surface area contributed by atoms with Gasteiger partial charge in [0.2, 0.25) is 5.91 Å². The molecule has 0 heterocycles. The van der Waals surface area contributed by atoms with Gasteiger partial charge < -0.3 is 19.4 Å². The first-order valence-electron chi connectivity index (χ1n) is 30.0. The van der Waals surface area contributed by atoms with E-state index >= 15 is 0 Å². The Morgan fingerprint density at radius 3 is 1.31 bits per heavy atom. The summed E-state index contributed by atoms with van der Waals surface area (Å²) in [5, 5.41) is 3.05. The largest absolute Gasteiger partial charge is 0.472 e. The van der Waals surface area contributed by atoms with E-state index in [4.69, 9.17) is 13.8 Å². The molecular weight excluding hydrogens is 904 g/mol. The molecule has 71 heavy (non-hydrogen) atoms. The number of likely N-dealkylation sites (N-methyl/N-ethyl adjacent to an activating group) is 1. The van der Waals surface area contributed by atoms with Crippen LogP contribution in [0.4, 0.5) is 0 Å². The molecule has 0 rings (SSSR count). The van der Waals surface area contributed by atoms with Gasteiger partial charge in [0.05, 0.1) is 33.8 Å². The summed E-state index contributed by atoms with van der Waals surface area (Å²) in [5.41, 5.74) is 0. The molecule has 0 fully saturated rings. The highest BCUT2D eigenvalue weighted by Gasteiger charge is 2.30. The molecule has 10 heteroatoms. The van der Waals surface area contributed by atoms with Crippen molar-refractivity contribution in [2.24, 2.45) is 0 Å². The highest BCUT2D eigenvalue weighted by Crippen LogP contribution is 2.43. The maximum absolute atomic E-state index is 13.5. The molecule has 1 amide bonds. The Hall–Kier alpha value is -2.03. The zero-order valence-electron chi connectivity index (χ0n) is 47.5. The predicted molar refractivity (Wildman–Crippen MR) is 305 cm³/mol. The number of esters is 1. The Kier molecular flexibility index (Phi) is 50.0. The number of allylic oxidation sites excluding steroid dienone is 7. The van der Waals surface area contributed by atoms with Gasteiger partial charge in [-0.05, 0) is 70.3 Å². The van der Waals surface area contributed by atoms with Gasteiger partial charge >= 0.3 is 13.8 Å². The van der Waals surface area contributed by atoms with E-state index in [1.54, 1.807) is 0 Å². The van der Waals surface area contributed by atoms with Crippen LogP contribution >= 0.6 is 7.82 Å². The Morgan fingerprint density at radius 2 is 0.859 bits per heavy atom. The van der Waals surface area contributed by atoms with Crippen molar-refractivity contribution >= 4 is 19.7 Å². The molecule has 2 N–H and O–H groups in total. The average molecular weight is 1020 g/mol. The molecule has 0 aliphatic carbocycles. The van der Waals surface area contributed by atoms with Crippen LogP contribution in [0, 0.1) is 0 Å². The third kappa shape index (κ3) is 52.6. The molecule has 0 bridgehead atoms. The lowest BCUT2D eigenvalue weighted by Gasteiger charge is -2.27. The number of rotatable bonds is 54. The molecule has 0 aromatic carbocycles. The summed E-state index contributed by atoms with van der Waals surface area (Å²) in [6.07, 6.45) is 62.4. The van der Waals surface area contributed by atoms with Crippen molar-refractivity contribution in [3.05, 3.63) is 48.6 Å². The first-order valence-corrected chi connectivity index (χ1v) is 31.5. The number of phosphoric ester groups is 1. The van der Waals surface area contributed by atoms with Gasteiger partial charge in [-0.1, -0.05) is 243 Å². The normalized spacial score (nSPS) is 14.1. The summed E-state index contributed by atoms with van der Waals surface area (Å²) < 4.78 is 30.6. The summed E-state index contributed by atoms with van der Waals surface area (Å²) in [4.78, 5) is 37.6. The van der Waals surface area contributed by atoms with Crippen molar-refractivity contribution in [1.82, 2.24) is 5.32 Å². The number of unbranched alkanes of at least 4 members (excludes halogenated alkanes) is 32. The summed E-state index contributed by atoms with van der Waals surface area (Å²) >= 11 is 0. The van der Waals surface area contributed by atoms with Crippen LogP contribution in [0.2, 0.25) is 0 Å². The minimum atomic E-state index is -4.44. The van der Waals surface area contributed by atoms with Crippen molar-refractivity contribution in [3.8, 4) is 0 Å². The lowest BCUT2D eigenvalue weighted by atomic mass is 10.0. The molecule has 0 aromatic rings. The number of hydrogen-bond acceptors (Lipinski definition) is 6. The fraction of sp³-hybridized carbons (Fsp3) is 0.836. The smallest absolute Gasteiger partial charge is 0.456 e. The first kappa shape index (κ1) is 69.0. The number of phosphoric acid groups is 1. The molecule has 3 atom stereocenters. The third-order valence-electron chi connectivity index (χ3n) is 13.3. The molecule has 9 nitrogen and oxygen atoms in total. The first-order chi connectivity index (χ1) is 34.4. The number of carbonyl (C=O) groups excluding carboxylic acids is 2. The molecule has 0 saturated carbocycles. The minimum absolute atomic E-state index is 0.0394. The van der Waals surface area contributed by atoms with Crippen molar-refractivity contribution in [1.29, 1.82) is 0 Å². The number of carbonyl (C=O) groups is 2. The quantitative estimate of drug-likeness (QED) is 0.0205. The monoisotopic (exact) mass is 1020 g/mol. The zero-order chi connectivity index (χ0) is 52.2. The van der Waals surface area contributed by atoms with Gasteiger partial charge in [-0.25, -0.2) is 4.57 Å². The Labute approximate surface area is 439 Å². The van der Waals surface area contributed by atoms with Crippen molar-refractivity contribution in [3.63, 3.8) is 0 Å². The summed E-state index contributed by atoms with van der Waals surface area (Å²) in [6, 6.07) is -0.849. The van der Waals surface area contributed by atoms with Gasteiger partial charge in [0.1, 0.15) is 19.3 Å². The van der Waals surface area contributed by atoms with Crippen molar-refractivity contribution < 1.29 is 37.3 Å². The molecule has 0 aliphatic heterocycles. The van der Waals surface area contributed by atoms with E-state index in [1.165, 1.54) is 161 Å². The molecule has 0 radical (unpaired) electrons. The summed E-state index contributed by atoms with van der Waals surface area (Å²) in [6.45, 7) is 6.99. The van der Waals surface area contributed by atoms with E-state index in [0.717, 1.165) is 83.5 Å². The highest BCUT2D eigenvalue weighted by atomic mass is 31.2. The van der Waals surface area contributed by atoms with Crippen LogP contribution in [0.3, 0.4) is 0 Å². The van der Waals surface area contributed by atoms with Crippen molar-refractivity contribution in [2.45, 2.75) is 290 Å². The minimum Gasteiger partial charge on any atom is -0.456 e. The zero-order valence-corrected chi connectivity index (χ0v) is 48.4. The molecule has 0 saturated heterocycles. The average Bonchev–Trinajstić information content (AvgIpc) is 3.33. The number of hydrogen-bond donors (Lipinski definition) is 2.